The molecule has 0 heterocycles. The van der Waals surface area contributed by atoms with E-state index in [0.717, 1.165) is 12.1 Å². The van der Waals surface area contributed by atoms with Crippen LogP contribution in [0.5, 0.6) is 5.75 Å². The molecule has 0 saturated carbocycles. The number of amides is 1. The summed E-state index contributed by atoms with van der Waals surface area (Å²) in [6.45, 7) is 2.74. The third-order valence-electron chi connectivity index (χ3n) is 3.48. The summed E-state index contributed by atoms with van der Waals surface area (Å²) in [5.74, 6) is -2.96. The van der Waals surface area contributed by atoms with E-state index in [-0.39, 0.29) is 5.69 Å². The van der Waals surface area contributed by atoms with E-state index in [0.29, 0.717) is 17.4 Å². The lowest BCUT2D eigenvalue weighted by Gasteiger charge is -2.18. The molecular weight excluding hydrogens is 358 g/mol. The van der Waals surface area contributed by atoms with Crippen LogP contribution in [0.15, 0.2) is 42.5 Å². The van der Waals surface area contributed by atoms with Gasteiger partial charge in [-0.15, -0.1) is 0 Å². The van der Waals surface area contributed by atoms with Gasteiger partial charge in [-0.2, -0.15) is 5.26 Å². The van der Waals surface area contributed by atoms with Gasteiger partial charge in [0.1, 0.15) is 17.4 Å². The molecular formula is C19H16F2N2O4. The largest absolute Gasteiger partial charge is 0.479 e. The van der Waals surface area contributed by atoms with Crippen molar-refractivity contribution >= 4 is 17.6 Å². The Morgan fingerprint density at radius 1 is 1.07 bits per heavy atom. The first-order valence-electron chi connectivity index (χ1n) is 7.93. The van der Waals surface area contributed by atoms with E-state index in [1.54, 1.807) is 0 Å². The summed E-state index contributed by atoms with van der Waals surface area (Å²) in [5.41, 5.74) is 0.210. The molecule has 2 atom stereocenters. The monoisotopic (exact) mass is 374 g/mol. The summed E-state index contributed by atoms with van der Waals surface area (Å²) in [5, 5.41) is 11.0. The highest BCUT2D eigenvalue weighted by molar-refractivity contribution is 5.95. The summed E-state index contributed by atoms with van der Waals surface area (Å²) in [6.07, 6.45) is -2.25. The second-order valence-corrected chi connectivity index (χ2v) is 5.59. The minimum Gasteiger partial charge on any atom is -0.479 e. The van der Waals surface area contributed by atoms with Crippen LogP contribution in [-0.4, -0.2) is 24.1 Å². The van der Waals surface area contributed by atoms with Gasteiger partial charge in [-0.3, -0.25) is 4.79 Å². The van der Waals surface area contributed by atoms with Crippen LogP contribution in [-0.2, 0) is 14.3 Å². The number of carbonyl (C=O) groups excluding carboxylic acids is 2. The van der Waals surface area contributed by atoms with Crippen LogP contribution in [0, 0.1) is 23.0 Å². The quantitative estimate of drug-likeness (QED) is 0.785. The smallest absolute Gasteiger partial charge is 0.347 e. The fraction of sp³-hybridized carbons (Fsp3) is 0.211. The number of benzene rings is 2. The number of halogens is 2. The number of anilines is 1. The number of carbonyl (C=O) groups is 2. The molecule has 27 heavy (non-hydrogen) atoms. The van der Waals surface area contributed by atoms with Crippen LogP contribution in [0.2, 0.25) is 0 Å². The van der Waals surface area contributed by atoms with Crippen LogP contribution in [0.4, 0.5) is 14.5 Å². The Kier molecular flexibility index (Phi) is 6.44. The molecule has 0 radical (unpaired) electrons. The number of rotatable bonds is 6. The lowest BCUT2D eigenvalue weighted by atomic mass is 10.2. The normalized spacial score (nSPS) is 12.4. The molecule has 2 aromatic rings. The number of nitrogens with one attached hydrogen (secondary N) is 1. The van der Waals surface area contributed by atoms with Crippen molar-refractivity contribution in [1.82, 2.24) is 0 Å². The van der Waals surface area contributed by atoms with Crippen molar-refractivity contribution in [1.29, 1.82) is 5.26 Å². The fourth-order valence-electron chi connectivity index (χ4n) is 2.01. The average molecular weight is 374 g/mol. The van der Waals surface area contributed by atoms with E-state index in [4.69, 9.17) is 14.7 Å². The number of nitriles is 1. The molecule has 0 aromatic heterocycles. The molecule has 0 aliphatic carbocycles. The summed E-state index contributed by atoms with van der Waals surface area (Å²) in [7, 11) is 0. The van der Waals surface area contributed by atoms with Crippen molar-refractivity contribution in [3.8, 4) is 11.8 Å². The number of esters is 1. The van der Waals surface area contributed by atoms with Gasteiger partial charge in [0.15, 0.2) is 12.2 Å². The van der Waals surface area contributed by atoms with Gasteiger partial charge in [0.25, 0.3) is 5.91 Å². The maximum absolute atomic E-state index is 13.6. The number of nitrogens with zero attached hydrogens (tertiary/aromatic N) is 1. The van der Waals surface area contributed by atoms with Crippen molar-refractivity contribution in [2.24, 2.45) is 0 Å². The molecule has 2 aromatic carbocycles. The molecule has 0 aliphatic heterocycles. The standard InChI is InChI=1S/C19H16F2N2O4/c1-11(18(24)23-17-8-5-14(20)9-16(17)21)27-19(25)12(2)26-15-6-3-13(10-22)4-7-15/h3-9,11-12H,1-2H3,(H,23,24). The lowest BCUT2D eigenvalue weighted by Crippen LogP contribution is -2.35. The molecule has 0 saturated heterocycles. The van der Waals surface area contributed by atoms with E-state index < -0.39 is 35.7 Å². The Morgan fingerprint density at radius 2 is 1.74 bits per heavy atom. The zero-order valence-corrected chi connectivity index (χ0v) is 14.5. The van der Waals surface area contributed by atoms with E-state index >= 15 is 0 Å². The van der Waals surface area contributed by atoms with E-state index in [1.165, 1.54) is 38.1 Å². The molecule has 1 amide bonds. The SMILES string of the molecule is CC(OC(=O)C(C)Oc1ccc(C#N)cc1)C(=O)Nc1ccc(F)cc1F. The van der Waals surface area contributed by atoms with Crippen molar-refractivity contribution in [2.45, 2.75) is 26.1 Å². The van der Waals surface area contributed by atoms with Crippen molar-refractivity contribution < 1.29 is 27.8 Å². The van der Waals surface area contributed by atoms with Gasteiger partial charge in [-0.1, -0.05) is 0 Å². The summed E-state index contributed by atoms with van der Waals surface area (Å²) >= 11 is 0. The topological polar surface area (TPSA) is 88.4 Å². The first kappa shape index (κ1) is 19.8. The first-order valence-corrected chi connectivity index (χ1v) is 7.93. The van der Waals surface area contributed by atoms with E-state index in [2.05, 4.69) is 5.32 Å². The van der Waals surface area contributed by atoms with Gasteiger partial charge in [0, 0.05) is 6.07 Å². The van der Waals surface area contributed by atoms with Gasteiger partial charge < -0.3 is 14.8 Å². The minimum atomic E-state index is -1.23. The van der Waals surface area contributed by atoms with Crippen LogP contribution in [0.25, 0.3) is 0 Å². The van der Waals surface area contributed by atoms with Gasteiger partial charge in [0.05, 0.1) is 17.3 Å². The predicted octanol–water partition coefficient (Wildman–Crippen LogP) is 3.17. The Morgan fingerprint density at radius 3 is 2.33 bits per heavy atom. The third-order valence-corrected chi connectivity index (χ3v) is 3.48. The third kappa shape index (κ3) is 5.51. The van der Waals surface area contributed by atoms with Gasteiger partial charge in [-0.05, 0) is 50.2 Å². The molecule has 2 unspecified atom stereocenters. The van der Waals surface area contributed by atoms with Crippen LogP contribution < -0.4 is 10.1 Å². The summed E-state index contributed by atoms with van der Waals surface area (Å²) in [4.78, 5) is 24.1. The molecule has 0 fully saturated rings. The second kappa shape index (κ2) is 8.76. The van der Waals surface area contributed by atoms with E-state index in [1.807, 2.05) is 6.07 Å². The highest BCUT2D eigenvalue weighted by atomic mass is 19.1. The molecule has 0 aliphatic rings. The van der Waals surface area contributed by atoms with Gasteiger partial charge in [0.2, 0.25) is 0 Å². The zero-order chi connectivity index (χ0) is 20.0. The molecule has 6 nitrogen and oxygen atoms in total. The van der Waals surface area contributed by atoms with Crippen molar-refractivity contribution in [3.05, 3.63) is 59.7 Å². The lowest BCUT2D eigenvalue weighted by molar-refractivity contribution is -0.159. The second-order valence-electron chi connectivity index (χ2n) is 5.59. The van der Waals surface area contributed by atoms with Gasteiger partial charge in [-0.25, -0.2) is 13.6 Å². The summed E-state index contributed by atoms with van der Waals surface area (Å²) in [6, 6.07) is 10.7. The Balaban J connectivity index is 1.91. The average Bonchev–Trinajstić information content (AvgIpc) is 2.64. The Hall–Kier alpha value is -3.47. The molecule has 0 bridgehead atoms. The molecule has 2 rings (SSSR count). The van der Waals surface area contributed by atoms with Gasteiger partial charge >= 0.3 is 5.97 Å². The highest BCUT2D eigenvalue weighted by Gasteiger charge is 2.24. The van der Waals surface area contributed by atoms with Crippen LogP contribution in [0.3, 0.4) is 0 Å². The summed E-state index contributed by atoms with van der Waals surface area (Å²) < 4.78 is 36.8. The van der Waals surface area contributed by atoms with E-state index in [9.17, 15) is 18.4 Å². The Bertz CT molecular complexity index is 878. The number of hydrogen-bond donors (Lipinski definition) is 1. The Labute approximate surface area is 154 Å². The highest BCUT2D eigenvalue weighted by Crippen LogP contribution is 2.16. The molecule has 0 spiro atoms. The molecule has 8 heteroatoms. The number of hydrogen-bond acceptors (Lipinski definition) is 5. The van der Waals surface area contributed by atoms with Crippen LogP contribution in [0.1, 0.15) is 19.4 Å². The zero-order valence-electron chi connectivity index (χ0n) is 14.5. The molecule has 140 valence electrons. The minimum absolute atomic E-state index is 0.230. The predicted molar refractivity (Wildman–Crippen MR) is 91.8 cm³/mol. The molecule has 1 N–H and O–H groups in total. The maximum atomic E-state index is 13.6. The maximum Gasteiger partial charge on any atom is 0.347 e. The van der Waals surface area contributed by atoms with Crippen molar-refractivity contribution in [2.75, 3.05) is 5.32 Å². The fourth-order valence-corrected chi connectivity index (χ4v) is 2.01. The van der Waals surface area contributed by atoms with Crippen LogP contribution >= 0.6 is 0 Å². The first-order chi connectivity index (χ1) is 12.8. The van der Waals surface area contributed by atoms with Crippen molar-refractivity contribution in [3.63, 3.8) is 0 Å². The number of ether oxygens (including phenoxy) is 2.